The van der Waals surface area contributed by atoms with Crippen molar-refractivity contribution in [3.8, 4) is 0 Å². The topological polar surface area (TPSA) is 67.2 Å². The van der Waals surface area contributed by atoms with Gasteiger partial charge in [-0.1, -0.05) is 6.92 Å². The molecule has 0 aromatic heterocycles. The predicted molar refractivity (Wildman–Crippen MR) is 54.8 cm³/mol. The number of hydrogen-bond donors (Lipinski definition) is 3. The third-order valence-electron chi connectivity index (χ3n) is 1.85. The van der Waals surface area contributed by atoms with Crippen molar-refractivity contribution in [2.75, 3.05) is 19.6 Å². The minimum Gasteiger partial charge on any atom is -0.356 e. The lowest BCUT2D eigenvalue weighted by Crippen LogP contribution is -2.42. The molecule has 0 bridgehead atoms. The summed E-state index contributed by atoms with van der Waals surface area (Å²) >= 11 is 0. The quantitative estimate of drug-likeness (QED) is 0.546. The SMILES string of the molecule is CCCNC(=O)CC(CN)NCC(F)F. The number of nitrogens with two attached hydrogens (primary N) is 1. The number of alkyl halides is 2. The van der Waals surface area contributed by atoms with E-state index in [1.54, 1.807) is 0 Å². The summed E-state index contributed by atoms with van der Waals surface area (Å²) in [4.78, 5) is 11.2. The molecule has 0 aliphatic carbocycles. The second kappa shape index (κ2) is 8.55. The van der Waals surface area contributed by atoms with E-state index in [4.69, 9.17) is 5.73 Å². The Morgan fingerprint density at radius 1 is 1.47 bits per heavy atom. The van der Waals surface area contributed by atoms with Crippen LogP contribution in [-0.4, -0.2) is 38.0 Å². The highest BCUT2D eigenvalue weighted by atomic mass is 19.3. The molecule has 0 spiro atoms. The van der Waals surface area contributed by atoms with E-state index >= 15 is 0 Å². The molecule has 4 N–H and O–H groups in total. The zero-order valence-corrected chi connectivity index (χ0v) is 8.93. The molecule has 0 fully saturated rings. The van der Waals surface area contributed by atoms with Crippen LogP contribution in [0.2, 0.25) is 0 Å². The van der Waals surface area contributed by atoms with Gasteiger partial charge in [-0.15, -0.1) is 0 Å². The van der Waals surface area contributed by atoms with Crippen LogP contribution in [0.15, 0.2) is 0 Å². The van der Waals surface area contributed by atoms with E-state index in [0.29, 0.717) is 6.54 Å². The number of carbonyl (C=O) groups is 1. The van der Waals surface area contributed by atoms with E-state index in [1.807, 2.05) is 6.92 Å². The van der Waals surface area contributed by atoms with Gasteiger partial charge in [-0.05, 0) is 6.42 Å². The number of amides is 1. The Balaban J connectivity index is 3.72. The van der Waals surface area contributed by atoms with Crippen molar-refractivity contribution >= 4 is 5.91 Å². The van der Waals surface area contributed by atoms with Crippen molar-refractivity contribution in [2.24, 2.45) is 5.73 Å². The van der Waals surface area contributed by atoms with Crippen LogP contribution in [0.3, 0.4) is 0 Å². The van der Waals surface area contributed by atoms with E-state index < -0.39 is 13.0 Å². The number of hydrogen-bond acceptors (Lipinski definition) is 3. The molecule has 0 heterocycles. The molecule has 4 nitrogen and oxygen atoms in total. The minimum atomic E-state index is -2.42. The lowest BCUT2D eigenvalue weighted by molar-refractivity contribution is -0.121. The van der Waals surface area contributed by atoms with Gasteiger partial charge in [-0.25, -0.2) is 8.78 Å². The van der Waals surface area contributed by atoms with Crippen molar-refractivity contribution in [3.05, 3.63) is 0 Å². The average molecular weight is 223 g/mol. The van der Waals surface area contributed by atoms with Gasteiger partial charge in [-0.3, -0.25) is 4.79 Å². The molecule has 1 amide bonds. The molecular weight excluding hydrogens is 204 g/mol. The monoisotopic (exact) mass is 223 g/mol. The third kappa shape index (κ3) is 8.26. The van der Waals surface area contributed by atoms with Crippen LogP contribution in [0.5, 0.6) is 0 Å². The van der Waals surface area contributed by atoms with Crippen LogP contribution in [0.1, 0.15) is 19.8 Å². The summed E-state index contributed by atoms with van der Waals surface area (Å²) in [7, 11) is 0. The Kier molecular flexibility index (Phi) is 8.12. The lowest BCUT2D eigenvalue weighted by Gasteiger charge is -2.15. The zero-order chi connectivity index (χ0) is 11.7. The maximum atomic E-state index is 11.9. The van der Waals surface area contributed by atoms with Crippen molar-refractivity contribution in [1.82, 2.24) is 10.6 Å². The van der Waals surface area contributed by atoms with E-state index in [0.717, 1.165) is 6.42 Å². The molecule has 15 heavy (non-hydrogen) atoms. The molecule has 0 saturated carbocycles. The van der Waals surface area contributed by atoms with E-state index in [9.17, 15) is 13.6 Å². The molecule has 1 unspecified atom stereocenters. The van der Waals surface area contributed by atoms with Crippen molar-refractivity contribution in [1.29, 1.82) is 0 Å². The molecule has 90 valence electrons. The van der Waals surface area contributed by atoms with Crippen LogP contribution >= 0.6 is 0 Å². The Bertz CT molecular complexity index is 179. The predicted octanol–water partition coefficient (Wildman–Crippen LogP) is 0.0847. The van der Waals surface area contributed by atoms with Gasteiger partial charge in [0.2, 0.25) is 5.91 Å². The van der Waals surface area contributed by atoms with Gasteiger partial charge in [0.15, 0.2) is 0 Å². The highest BCUT2D eigenvalue weighted by Crippen LogP contribution is 1.94. The Hall–Kier alpha value is -0.750. The summed E-state index contributed by atoms with van der Waals surface area (Å²) in [6.45, 7) is 2.29. The third-order valence-corrected chi connectivity index (χ3v) is 1.85. The highest BCUT2D eigenvalue weighted by molar-refractivity contribution is 5.76. The number of nitrogens with one attached hydrogen (secondary N) is 2. The molecule has 0 aliphatic rings. The fourth-order valence-electron chi connectivity index (χ4n) is 1.05. The number of rotatable bonds is 8. The summed E-state index contributed by atoms with van der Waals surface area (Å²) in [5, 5.41) is 5.20. The first-order chi connectivity index (χ1) is 7.10. The average Bonchev–Trinajstić information content (AvgIpc) is 2.20. The summed E-state index contributed by atoms with van der Waals surface area (Å²) in [5.41, 5.74) is 5.35. The largest absolute Gasteiger partial charge is 0.356 e. The first-order valence-electron chi connectivity index (χ1n) is 5.08. The maximum absolute atomic E-state index is 11.9. The molecule has 0 aromatic carbocycles. The first kappa shape index (κ1) is 14.2. The number of halogens is 2. The van der Waals surface area contributed by atoms with Crippen molar-refractivity contribution < 1.29 is 13.6 Å². The van der Waals surface area contributed by atoms with Gasteiger partial charge >= 0.3 is 0 Å². The van der Waals surface area contributed by atoms with E-state index in [-0.39, 0.29) is 24.9 Å². The standard InChI is InChI=1S/C9H19F2N3O/c1-2-3-13-9(15)4-7(5-12)14-6-8(10)11/h7-8,14H,2-6,12H2,1H3,(H,13,15). The summed E-state index contributed by atoms with van der Waals surface area (Å²) in [5.74, 6) is -0.158. The second-order valence-corrected chi connectivity index (χ2v) is 3.29. The highest BCUT2D eigenvalue weighted by Gasteiger charge is 2.13. The van der Waals surface area contributed by atoms with Gasteiger partial charge in [-0.2, -0.15) is 0 Å². The summed E-state index contributed by atoms with van der Waals surface area (Å²) in [6, 6.07) is -0.379. The Labute approximate surface area is 88.6 Å². The maximum Gasteiger partial charge on any atom is 0.250 e. The van der Waals surface area contributed by atoms with Gasteiger partial charge in [0.1, 0.15) is 0 Å². The molecule has 0 saturated heterocycles. The van der Waals surface area contributed by atoms with Crippen LogP contribution in [-0.2, 0) is 4.79 Å². The summed E-state index contributed by atoms with van der Waals surface area (Å²) in [6.07, 6.45) is -1.43. The van der Waals surface area contributed by atoms with Gasteiger partial charge in [0.25, 0.3) is 6.43 Å². The van der Waals surface area contributed by atoms with Gasteiger partial charge < -0.3 is 16.4 Å². The Morgan fingerprint density at radius 2 is 2.13 bits per heavy atom. The van der Waals surface area contributed by atoms with E-state index in [1.165, 1.54) is 0 Å². The van der Waals surface area contributed by atoms with Gasteiger partial charge in [0, 0.05) is 25.6 Å². The molecule has 0 rings (SSSR count). The van der Waals surface area contributed by atoms with Gasteiger partial charge in [0.05, 0.1) is 6.54 Å². The molecular formula is C9H19F2N3O. The zero-order valence-electron chi connectivity index (χ0n) is 8.93. The second-order valence-electron chi connectivity index (χ2n) is 3.29. The molecule has 1 atom stereocenters. The van der Waals surface area contributed by atoms with Crippen LogP contribution in [0.4, 0.5) is 8.78 Å². The number of carbonyl (C=O) groups excluding carboxylic acids is 1. The fourth-order valence-corrected chi connectivity index (χ4v) is 1.05. The van der Waals surface area contributed by atoms with Crippen LogP contribution in [0.25, 0.3) is 0 Å². The van der Waals surface area contributed by atoms with Crippen LogP contribution in [0, 0.1) is 0 Å². The normalized spacial score (nSPS) is 12.9. The Morgan fingerprint density at radius 3 is 2.60 bits per heavy atom. The molecule has 0 aliphatic heterocycles. The fraction of sp³-hybridized carbons (Fsp3) is 0.889. The van der Waals surface area contributed by atoms with Crippen molar-refractivity contribution in [3.63, 3.8) is 0 Å². The van der Waals surface area contributed by atoms with Crippen molar-refractivity contribution in [2.45, 2.75) is 32.2 Å². The minimum absolute atomic E-state index is 0.142. The molecule has 6 heteroatoms. The molecule has 0 aromatic rings. The summed E-state index contributed by atoms with van der Waals surface area (Å²) < 4.78 is 23.7. The lowest BCUT2D eigenvalue weighted by atomic mass is 10.2. The molecule has 0 radical (unpaired) electrons. The van der Waals surface area contributed by atoms with E-state index in [2.05, 4.69) is 10.6 Å². The first-order valence-corrected chi connectivity index (χ1v) is 5.08. The van der Waals surface area contributed by atoms with Crippen LogP contribution < -0.4 is 16.4 Å². The smallest absolute Gasteiger partial charge is 0.250 e.